The Morgan fingerprint density at radius 1 is 0.791 bits per heavy atom. The van der Waals surface area contributed by atoms with Crippen LogP contribution in [0.5, 0.6) is 11.5 Å². The summed E-state index contributed by atoms with van der Waals surface area (Å²) < 4.78 is 0. The fourth-order valence-electron chi connectivity index (χ4n) is 4.67. The van der Waals surface area contributed by atoms with Crippen LogP contribution in [0.3, 0.4) is 0 Å². The summed E-state index contributed by atoms with van der Waals surface area (Å²) in [5.74, 6) is -0.642. The van der Waals surface area contributed by atoms with E-state index in [4.69, 9.17) is 29.8 Å². The smallest absolute Gasteiger partial charge is 0.550 e. The number of aliphatic imine (C=N–C) groups is 2. The molecule has 0 spiro atoms. The molecule has 43 heavy (non-hydrogen) atoms. The largest absolute Gasteiger partial charge is 2.00 e. The summed E-state index contributed by atoms with van der Waals surface area (Å²) in [5, 5.41) is 39.1. The topological polar surface area (TPSA) is 145 Å². The van der Waals surface area contributed by atoms with Gasteiger partial charge in [-0.3, -0.25) is 9.98 Å². The second-order valence-corrected chi connectivity index (χ2v) is 11.3. The molecule has 2 unspecified atom stereocenters. The Bertz CT molecular complexity index is 1140. The fourth-order valence-corrected chi connectivity index (χ4v) is 4.67. The molecule has 0 aliphatic heterocycles. The number of nitrogens with zero attached hydrogens (tertiary/aromatic N) is 2. The summed E-state index contributed by atoms with van der Waals surface area (Å²) in [4.78, 5) is 27.5. The molecule has 0 amide bonds. The van der Waals surface area contributed by atoms with E-state index in [2.05, 4.69) is 65.8 Å². The summed E-state index contributed by atoms with van der Waals surface area (Å²) in [6.45, 7) is 14.8. The van der Waals surface area contributed by atoms with Crippen LogP contribution in [-0.4, -0.2) is 46.7 Å². The quantitative estimate of drug-likeness (QED) is 0.396. The Morgan fingerprint density at radius 3 is 1.40 bits per heavy atom. The number of benzene rings is 2. The van der Waals surface area contributed by atoms with Gasteiger partial charge in [0.05, 0.1) is 12.1 Å². The summed E-state index contributed by atoms with van der Waals surface area (Å²) in [6.07, 6.45) is 9.40. The van der Waals surface area contributed by atoms with E-state index >= 15 is 0 Å². The normalized spacial score (nSPS) is 16.3. The number of carbonyl (C=O) groups is 2. The van der Waals surface area contributed by atoms with Gasteiger partial charge in [0.1, 0.15) is 11.5 Å². The average Bonchev–Trinajstić information content (AvgIpc) is 2.91. The van der Waals surface area contributed by atoms with Gasteiger partial charge in [-0.15, -0.1) is 0 Å². The first-order chi connectivity index (χ1) is 19.7. The van der Waals surface area contributed by atoms with E-state index in [1.165, 1.54) is 11.1 Å². The van der Waals surface area contributed by atoms with E-state index in [1.54, 1.807) is 0 Å². The minimum Gasteiger partial charge on any atom is -0.550 e. The third kappa shape index (κ3) is 14.2. The number of aryl methyl sites for hydroxylation is 2. The van der Waals surface area contributed by atoms with Gasteiger partial charge in [-0.2, -0.15) is 0 Å². The standard InChI is InChI=1S/C30H42N2O2.2C2H4O2.Co/c1-7-21-12-23(19(3)4)14-25(29(21)33)17-31-27-10-9-11-28(16-27)32-18-26-15-24(20(5)6)13-22(8-2)30(26)34;2*1-2(3)4;/h12-15,17-20,27-28,33-34H,7-11,16H2,1-6H3;2*1H3,(H,3,4);/q;;;+2/p-2. The van der Waals surface area contributed by atoms with Crippen LogP contribution in [0, 0.1) is 0 Å². The Labute approximate surface area is 267 Å². The maximum absolute atomic E-state index is 10.7. The second kappa shape index (κ2) is 19.9. The molecule has 0 saturated heterocycles. The van der Waals surface area contributed by atoms with E-state index in [-0.39, 0.29) is 28.9 Å². The zero-order chi connectivity index (χ0) is 32.0. The zero-order valence-electron chi connectivity index (χ0n) is 26.8. The van der Waals surface area contributed by atoms with Crippen molar-refractivity contribution in [2.75, 3.05) is 0 Å². The van der Waals surface area contributed by atoms with Crippen molar-refractivity contribution in [3.8, 4) is 11.5 Å². The Balaban J connectivity index is 0.00000174. The summed E-state index contributed by atoms with van der Waals surface area (Å²) in [5.41, 5.74) is 6.06. The third-order valence-electron chi connectivity index (χ3n) is 7.04. The van der Waals surface area contributed by atoms with Gasteiger partial charge in [0.2, 0.25) is 0 Å². The first kappa shape index (κ1) is 39.8. The van der Waals surface area contributed by atoms with Crippen molar-refractivity contribution < 1.29 is 46.8 Å². The summed E-state index contributed by atoms with van der Waals surface area (Å²) in [6, 6.07) is 8.75. The van der Waals surface area contributed by atoms with Gasteiger partial charge >= 0.3 is 16.8 Å². The van der Waals surface area contributed by atoms with Gasteiger partial charge in [-0.25, -0.2) is 0 Å². The monoisotopic (exact) mass is 639 g/mol. The van der Waals surface area contributed by atoms with Crippen LogP contribution in [0.4, 0.5) is 0 Å². The van der Waals surface area contributed by atoms with Crippen molar-refractivity contribution >= 4 is 24.4 Å². The minimum atomic E-state index is -1.08. The molecule has 1 saturated carbocycles. The first-order valence-electron chi connectivity index (χ1n) is 14.8. The maximum Gasteiger partial charge on any atom is 2.00 e. The average molecular weight is 640 g/mol. The van der Waals surface area contributed by atoms with Crippen molar-refractivity contribution in [1.29, 1.82) is 0 Å². The van der Waals surface area contributed by atoms with Crippen LogP contribution >= 0.6 is 0 Å². The molecule has 1 fully saturated rings. The van der Waals surface area contributed by atoms with Gasteiger partial charge in [-0.05, 0) is 98.6 Å². The molecular formula is C34H48CoN2O6. The summed E-state index contributed by atoms with van der Waals surface area (Å²) >= 11 is 0. The molecule has 1 radical (unpaired) electrons. The minimum absolute atomic E-state index is 0. The van der Waals surface area contributed by atoms with Crippen LogP contribution in [0.15, 0.2) is 34.3 Å². The number of aliphatic carboxylic acids is 2. The van der Waals surface area contributed by atoms with Crippen LogP contribution in [0.2, 0.25) is 0 Å². The van der Waals surface area contributed by atoms with Crippen LogP contribution < -0.4 is 10.2 Å². The molecule has 2 N–H and O–H groups in total. The Morgan fingerprint density at radius 2 is 1.12 bits per heavy atom. The molecule has 2 atom stereocenters. The predicted molar refractivity (Wildman–Crippen MR) is 166 cm³/mol. The van der Waals surface area contributed by atoms with E-state index in [0.717, 1.165) is 74.6 Å². The number of hydrogen-bond acceptors (Lipinski definition) is 8. The van der Waals surface area contributed by atoms with Gasteiger partial charge in [-0.1, -0.05) is 53.7 Å². The van der Waals surface area contributed by atoms with E-state index in [9.17, 15) is 10.2 Å². The molecule has 1 aliphatic carbocycles. The molecule has 9 heteroatoms. The molecular weight excluding hydrogens is 591 g/mol. The number of rotatable bonds is 8. The van der Waals surface area contributed by atoms with E-state index in [1.807, 2.05) is 12.4 Å². The van der Waals surface area contributed by atoms with Gasteiger partial charge in [0.15, 0.2) is 0 Å². The van der Waals surface area contributed by atoms with Crippen LogP contribution in [-0.2, 0) is 39.2 Å². The number of carboxylic acid groups (broad SMARTS) is 2. The zero-order valence-corrected chi connectivity index (χ0v) is 27.8. The molecule has 0 bridgehead atoms. The number of aromatic hydroxyl groups is 2. The molecule has 2 aromatic rings. The first-order valence-corrected chi connectivity index (χ1v) is 14.8. The van der Waals surface area contributed by atoms with E-state index in [0.29, 0.717) is 23.3 Å². The van der Waals surface area contributed by atoms with Crippen molar-refractivity contribution in [3.63, 3.8) is 0 Å². The van der Waals surface area contributed by atoms with E-state index < -0.39 is 11.9 Å². The predicted octanol–water partition coefficient (Wildman–Crippen LogP) is 4.83. The third-order valence-corrected chi connectivity index (χ3v) is 7.04. The molecule has 2 aromatic carbocycles. The Hall–Kier alpha value is -3.17. The fraction of sp³-hybridized carbons (Fsp3) is 0.529. The molecule has 1 aliphatic rings. The van der Waals surface area contributed by atoms with Crippen molar-refractivity contribution in [1.82, 2.24) is 0 Å². The molecule has 0 aromatic heterocycles. The SMILES string of the molecule is CC(=O)[O-].CC(=O)[O-].CCc1cc(C(C)C)cc(C=NC2CCCC(N=Cc3cc(C(C)C)cc(CC)c3O)C2)c1O.[Co+2]. The second-order valence-electron chi connectivity index (χ2n) is 11.3. The number of carbonyl (C=O) groups excluding carboxylic acids is 2. The summed E-state index contributed by atoms with van der Waals surface area (Å²) in [7, 11) is 0. The number of phenolic OH excluding ortho intramolecular Hbond substituents is 2. The van der Waals surface area contributed by atoms with Crippen LogP contribution in [0.25, 0.3) is 0 Å². The molecule has 3 rings (SSSR count). The van der Waals surface area contributed by atoms with Crippen molar-refractivity contribution in [3.05, 3.63) is 57.6 Å². The van der Waals surface area contributed by atoms with Crippen LogP contribution in [0.1, 0.15) is 126 Å². The van der Waals surface area contributed by atoms with Gasteiger partial charge in [0, 0.05) is 35.5 Å². The Kier molecular flexibility index (Phi) is 18.4. The maximum atomic E-state index is 10.7. The molecule has 239 valence electrons. The van der Waals surface area contributed by atoms with Crippen molar-refractivity contribution in [2.24, 2.45) is 9.98 Å². The van der Waals surface area contributed by atoms with Crippen molar-refractivity contribution in [2.45, 2.75) is 118 Å². The van der Waals surface area contributed by atoms with Gasteiger partial charge in [0.25, 0.3) is 0 Å². The number of hydrogen-bond donors (Lipinski definition) is 2. The molecule has 0 heterocycles. The number of phenols is 2. The van der Waals surface area contributed by atoms with Gasteiger partial charge < -0.3 is 30.0 Å². The number of carboxylic acids is 2. The molecule has 8 nitrogen and oxygen atoms in total.